The summed E-state index contributed by atoms with van der Waals surface area (Å²) in [5, 5.41) is 52.3. The Kier molecular flexibility index (Phi) is 39.7. The molecule has 0 N–H and O–H groups in total. The van der Waals surface area contributed by atoms with Crippen molar-refractivity contribution in [3.05, 3.63) is 0 Å². The molecule has 0 aromatic heterocycles. The van der Waals surface area contributed by atoms with E-state index < -0.39 is 178 Å². The molecule has 0 aliphatic carbocycles. The molecule has 0 atom stereocenters. The Morgan fingerprint density at radius 1 is 0.165 bits per heavy atom. The van der Waals surface area contributed by atoms with Crippen LogP contribution in [0.1, 0.15) is 104 Å². The molecule has 0 rings (SSSR count). The Morgan fingerprint density at radius 2 is 0.220 bits per heavy atom. The monoisotopic (exact) mass is 1360 g/mol. The van der Waals surface area contributed by atoms with Crippen molar-refractivity contribution in [3.8, 4) is 0 Å². The Bertz CT molecular complexity index is 2300. The molecule has 0 aromatic carbocycles. The van der Waals surface area contributed by atoms with Gasteiger partial charge in [-0.2, -0.15) is 0 Å². The molecule has 0 fully saturated rings. The second kappa shape index (κ2) is 39.9. The van der Waals surface area contributed by atoms with Crippen molar-refractivity contribution in [1.82, 2.24) is 0 Å². The third-order valence-electron chi connectivity index (χ3n) is 6.49. The van der Waals surface area contributed by atoms with Gasteiger partial charge in [0.2, 0.25) is 0 Å². The van der Waals surface area contributed by atoms with Crippen molar-refractivity contribution in [1.29, 1.82) is 0 Å². The summed E-state index contributed by atoms with van der Waals surface area (Å²) in [4.78, 5) is 270. The molecule has 0 aliphatic rings. The summed E-state index contributed by atoms with van der Waals surface area (Å²) in [6, 6.07) is 0. The quantitative estimate of drug-likeness (QED) is 0.0354. The van der Waals surface area contributed by atoms with Crippen molar-refractivity contribution >= 4 is 148 Å². The SMILES string of the molecule is CC(=O)OC(OC(C)=O)(OC(C)=O)C(=O)C(=O)[O-].CC(=O)OC(OC(C)=O)(OC(C)=O)C(=O)C(=O)[O-].CC(=O)OC(OC(C)=O)(OC(C)=O)C(=O)C(=O)[O-].CC(=O)OC(OC(C)=O)(OC(C)=O)C(=O)C(=O)[O-].CC(=O)OC(OC(C)=O)(OC(C)=O)C(=O)C(=O)[O-].[V]. The number of Topliss-reactive ketones (excluding diaryl/α,β-unsaturated/α-hetero) is 5. The first-order chi connectivity index (χ1) is 40.5. The molecule has 0 unspecified atom stereocenters. The van der Waals surface area contributed by atoms with Gasteiger partial charge in [0, 0.05) is 122 Å². The van der Waals surface area contributed by atoms with Crippen LogP contribution in [-0.4, -0.2) is 178 Å². The number of esters is 15. The number of ketones is 5. The van der Waals surface area contributed by atoms with Gasteiger partial charge in [0.15, 0.2) is 0 Å². The minimum Gasteiger partial charge on any atom is -0.541 e. The van der Waals surface area contributed by atoms with Gasteiger partial charge in [-0.05, 0) is 0 Å². The third-order valence-corrected chi connectivity index (χ3v) is 6.49. The number of hydrogen-bond donors (Lipinski definition) is 0. The van der Waals surface area contributed by atoms with Crippen LogP contribution in [0.3, 0.4) is 0 Å². The molecule has 91 heavy (non-hydrogen) atoms. The zero-order chi connectivity index (χ0) is 72.5. The zero-order valence-corrected chi connectivity index (χ0v) is 50.2. The standard InChI is InChI=1S/5C9H10O9.V/c5*1-4(10)16-9(17-5(2)11,18-6(3)12)7(13)8(14)15;/h5*1-3H3,(H,14,15);/p-5. The number of aliphatic carboxylic acids is 5. The first-order valence-electron chi connectivity index (χ1n) is 22.2. The summed E-state index contributed by atoms with van der Waals surface area (Å²) in [5.41, 5.74) is 0. The topological polar surface area (TPSA) is 681 Å². The van der Waals surface area contributed by atoms with Crippen molar-refractivity contribution in [2.45, 2.75) is 134 Å². The summed E-state index contributed by atoms with van der Waals surface area (Å²) in [5.74, 6) is -56.8. The predicted octanol–water partition coefficient (Wildman–Crippen LogP) is -11.8. The molecule has 1 radical (unpaired) electrons. The molecule has 0 bridgehead atoms. The molecule has 0 aliphatic heterocycles. The fourth-order valence-electron chi connectivity index (χ4n) is 4.47. The number of ether oxygens (including phenoxy) is 15. The van der Waals surface area contributed by atoms with Crippen LogP contribution in [0.15, 0.2) is 0 Å². The van der Waals surface area contributed by atoms with Gasteiger partial charge in [0.05, 0.1) is 0 Å². The van der Waals surface area contributed by atoms with Gasteiger partial charge in [-0.15, -0.1) is 0 Å². The van der Waals surface area contributed by atoms with Crippen molar-refractivity contribution in [2.24, 2.45) is 0 Å². The second-order valence-corrected chi connectivity index (χ2v) is 14.8. The first-order valence-corrected chi connectivity index (χ1v) is 22.2. The molecule has 0 aromatic rings. The first kappa shape index (κ1) is 90.5. The van der Waals surface area contributed by atoms with Crippen LogP contribution >= 0.6 is 0 Å². The van der Waals surface area contributed by atoms with E-state index in [1.54, 1.807) is 0 Å². The fourth-order valence-corrected chi connectivity index (χ4v) is 4.47. The third kappa shape index (κ3) is 35.5. The summed E-state index contributed by atoms with van der Waals surface area (Å²) in [6.45, 7) is 11.7. The number of carbonyl (C=O) groups excluding carboxylic acids is 25. The Balaban J connectivity index is -0.000000247. The van der Waals surface area contributed by atoms with E-state index in [2.05, 4.69) is 71.1 Å². The Hall–Kier alpha value is -11.7. The van der Waals surface area contributed by atoms with E-state index in [0.29, 0.717) is 0 Å². The van der Waals surface area contributed by atoms with Gasteiger partial charge in [-0.25, -0.2) is 0 Å². The number of hydrogen-bond acceptors (Lipinski definition) is 45. The van der Waals surface area contributed by atoms with E-state index in [-0.39, 0.29) is 18.6 Å². The van der Waals surface area contributed by atoms with Crippen LogP contribution in [-0.2, 0) is 209 Å². The second-order valence-electron chi connectivity index (χ2n) is 14.8. The molecule has 505 valence electrons. The van der Waals surface area contributed by atoms with Gasteiger partial charge in [0.25, 0.3) is 0 Å². The van der Waals surface area contributed by atoms with Crippen LogP contribution in [0, 0.1) is 0 Å². The van der Waals surface area contributed by atoms with E-state index in [9.17, 15) is 145 Å². The van der Waals surface area contributed by atoms with Crippen LogP contribution in [0.5, 0.6) is 0 Å². The summed E-state index contributed by atoms with van der Waals surface area (Å²) in [6.07, 6.45) is 0. The number of carbonyl (C=O) groups is 25. The molecule has 45 nitrogen and oxygen atoms in total. The van der Waals surface area contributed by atoms with E-state index in [0.717, 1.165) is 104 Å². The van der Waals surface area contributed by atoms with Gasteiger partial charge in [-0.3, -0.25) is 95.9 Å². The maximum Gasteiger partial charge on any atom is 0.495 e. The molecule has 0 heterocycles. The summed E-state index contributed by atoms with van der Waals surface area (Å²) >= 11 is 0. The molecule has 0 saturated carbocycles. The van der Waals surface area contributed by atoms with Gasteiger partial charge in [0.1, 0.15) is 29.8 Å². The molecule has 0 saturated heterocycles. The summed E-state index contributed by atoms with van der Waals surface area (Å²) < 4.78 is 62.8. The Labute approximate surface area is 516 Å². The van der Waals surface area contributed by atoms with E-state index in [1.807, 2.05) is 0 Å². The summed E-state index contributed by atoms with van der Waals surface area (Å²) in [7, 11) is 0. The average molecular weight is 1360 g/mol. The van der Waals surface area contributed by atoms with Gasteiger partial charge in [-0.1, -0.05) is 0 Å². The molecule has 0 spiro atoms. The maximum atomic E-state index is 11.3. The molecular weight excluding hydrogens is 1310 g/mol. The van der Waals surface area contributed by atoms with Crippen LogP contribution in [0.2, 0.25) is 0 Å². The van der Waals surface area contributed by atoms with Crippen molar-refractivity contribution in [3.63, 3.8) is 0 Å². The van der Waals surface area contributed by atoms with Gasteiger partial charge >= 0.3 is 148 Å². The smallest absolute Gasteiger partial charge is 0.495 e. The average Bonchev–Trinajstić information content (AvgIpc) is 1.03. The zero-order valence-electron chi connectivity index (χ0n) is 48.8. The normalized spacial score (nSPS) is 10.1. The number of rotatable bonds is 25. The number of carboxylic acid groups (broad SMARTS) is 5. The van der Waals surface area contributed by atoms with Crippen LogP contribution < -0.4 is 25.5 Å². The molecular formula is C45H45O45V-5. The van der Waals surface area contributed by atoms with Crippen molar-refractivity contribution in [2.75, 3.05) is 0 Å². The minimum atomic E-state index is -3.30. The predicted molar refractivity (Wildman–Crippen MR) is 240 cm³/mol. The number of carboxylic acids is 5. The van der Waals surface area contributed by atoms with E-state index >= 15 is 0 Å². The minimum absolute atomic E-state index is 0. The van der Waals surface area contributed by atoms with E-state index in [4.69, 9.17) is 0 Å². The Morgan fingerprint density at radius 3 is 0.253 bits per heavy atom. The largest absolute Gasteiger partial charge is 0.541 e. The fraction of sp³-hybridized carbons (Fsp3) is 0.444. The van der Waals surface area contributed by atoms with Crippen LogP contribution in [0.25, 0.3) is 0 Å². The van der Waals surface area contributed by atoms with Crippen molar-refractivity contribution < 1.29 is 235 Å². The van der Waals surface area contributed by atoms with E-state index in [1.165, 1.54) is 0 Å². The molecule has 0 amide bonds. The maximum absolute atomic E-state index is 11.3. The van der Waals surface area contributed by atoms with Gasteiger partial charge < -0.3 is 121 Å². The van der Waals surface area contributed by atoms with Crippen LogP contribution in [0.4, 0.5) is 0 Å². The molecule has 46 heteroatoms.